The summed E-state index contributed by atoms with van der Waals surface area (Å²) in [5.74, 6) is -0.0963. The van der Waals surface area contributed by atoms with Crippen molar-refractivity contribution >= 4 is 5.91 Å². The molecule has 0 aromatic carbocycles. The van der Waals surface area contributed by atoms with Gasteiger partial charge in [-0.15, -0.1) is 0 Å². The van der Waals surface area contributed by atoms with Crippen LogP contribution in [0.5, 0.6) is 0 Å². The molecule has 0 unspecified atom stereocenters. The second-order valence-corrected chi connectivity index (χ2v) is 4.28. The van der Waals surface area contributed by atoms with Gasteiger partial charge in [0, 0.05) is 6.54 Å². The molecular weight excluding hydrogens is 166 g/mol. The van der Waals surface area contributed by atoms with Crippen LogP contribution in [0.4, 0.5) is 0 Å². The summed E-state index contributed by atoms with van der Waals surface area (Å²) in [5, 5.41) is 2.75. The first-order chi connectivity index (χ1) is 5.89. The van der Waals surface area contributed by atoms with Crippen LogP contribution in [-0.4, -0.2) is 25.0 Å². The minimum Gasteiger partial charge on any atom is -0.355 e. The zero-order valence-corrected chi connectivity index (χ0v) is 8.76. The van der Waals surface area contributed by atoms with E-state index in [1.165, 1.54) is 0 Å². The summed E-state index contributed by atoms with van der Waals surface area (Å²) in [4.78, 5) is 11.4. The van der Waals surface area contributed by atoms with Gasteiger partial charge in [0.15, 0.2) is 0 Å². The zero-order valence-electron chi connectivity index (χ0n) is 8.76. The average Bonchev–Trinajstić information content (AvgIpc) is 2.01. The maximum atomic E-state index is 11.4. The predicted molar refractivity (Wildman–Crippen MR) is 54.1 cm³/mol. The summed E-state index contributed by atoms with van der Waals surface area (Å²) < 4.78 is 0. The van der Waals surface area contributed by atoms with E-state index in [-0.39, 0.29) is 11.3 Å². The number of nitrogens with two attached hydrogens (primary N) is 2. The van der Waals surface area contributed by atoms with E-state index in [2.05, 4.69) is 5.32 Å². The molecule has 1 atom stereocenters. The van der Waals surface area contributed by atoms with Crippen LogP contribution in [0.3, 0.4) is 0 Å². The smallest absolute Gasteiger partial charge is 0.237 e. The Hall–Kier alpha value is -0.610. The molecule has 0 aliphatic carbocycles. The molecule has 78 valence electrons. The van der Waals surface area contributed by atoms with E-state index in [1.807, 2.05) is 20.8 Å². The van der Waals surface area contributed by atoms with Crippen molar-refractivity contribution in [2.75, 3.05) is 13.1 Å². The standard InChI is InChI=1S/C9H21N3O/c1-9(2,3)7(11)8(13)12-6-4-5-10/h7H,4-6,10-11H2,1-3H3,(H,12,13)/t7-/m0/s1. The monoisotopic (exact) mass is 187 g/mol. The summed E-state index contributed by atoms with van der Waals surface area (Å²) >= 11 is 0. The van der Waals surface area contributed by atoms with Gasteiger partial charge in [0.05, 0.1) is 6.04 Å². The lowest BCUT2D eigenvalue weighted by molar-refractivity contribution is -0.124. The fraction of sp³-hybridized carbons (Fsp3) is 0.889. The van der Waals surface area contributed by atoms with E-state index in [4.69, 9.17) is 11.5 Å². The molecule has 0 bridgehead atoms. The summed E-state index contributed by atoms with van der Waals surface area (Å²) in [5.41, 5.74) is 10.8. The SMILES string of the molecule is CC(C)(C)[C@@H](N)C(=O)NCCCN. The van der Waals surface area contributed by atoms with Gasteiger partial charge < -0.3 is 16.8 Å². The van der Waals surface area contributed by atoms with Gasteiger partial charge in [0.25, 0.3) is 0 Å². The highest BCUT2D eigenvalue weighted by atomic mass is 16.2. The van der Waals surface area contributed by atoms with Gasteiger partial charge in [-0.05, 0) is 18.4 Å². The van der Waals surface area contributed by atoms with Crippen LogP contribution in [0.1, 0.15) is 27.2 Å². The first kappa shape index (κ1) is 12.4. The molecule has 0 radical (unpaired) electrons. The highest BCUT2D eigenvalue weighted by molar-refractivity contribution is 5.82. The van der Waals surface area contributed by atoms with Crippen molar-refractivity contribution in [2.45, 2.75) is 33.2 Å². The van der Waals surface area contributed by atoms with Crippen LogP contribution in [-0.2, 0) is 4.79 Å². The van der Waals surface area contributed by atoms with E-state index in [9.17, 15) is 4.79 Å². The third-order valence-corrected chi connectivity index (χ3v) is 1.90. The van der Waals surface area contributed by atoms with Crippen molar-refractivity contribution in [3.8, 4) is 0 Å². The Balaban J connectivity index is 3.84. The third kappa shape index (κ3) is 4.85. The highest BCUT2D eigenvalue weighted by Gasteiger charge is 2.26. The maximum Gasteiger partial charge on any atom is 0.237 e. The van der Waals surface area contributed by atoms with E-state index in [1.54, 1.807) is 0 Å². The maximum absolute atomic E-state index is 11.4. The van der Waals surface area contributed by atoms with Gasteiger partial charge in [-0.2, -0.15) is 0 Å². The predicted octanol–water partition coefficient (Wildman–Crippen LogP) is -0.175. The molecule has 0 spiro atoms. The van der Waals surface area contributed by atoms with Gasteiger partial charge in [0.2, 0.25) is 5.91 Å². The first-order valence-electron chi connectivity index (χ1n) is 4.63. The quantitative estimate of drug-likeness (QED) is 0.534. The van der Waals surface area contributed by atoms with Crippen LogP contribution in [0.25, 0.3) is 0 Å². The Labute approximate surface area is 80.0 Å². The summed E-state index contributed by atoms with van der Waals surface area (Å²) in [6.07, 6.45) is 0.794. The molecule has 0 aromatic heterocycles. The largest absolute Gasteiger partial charge is 0.355 e. The molecule has 0 aromatic rings. The number of carbonyl (C=O) groups is 1. The Morgan fingerprint density at radius 2 is 2.00 bits per heavy atom. The average molecular weight is 187 g/mol. The van der Waals surface area contributed by atoms with E-state index in [0.29, 0.717) is 13.1 Å². The van der Waals surface area contributed by atoms with Crippen LogP contribution in [0, 0.1) is 5.41 Å². The van der Waals surface area contributed by atoms with E-state index < -0.39 is 6.04 Å². The fourth-order valence-electron chi connectivity index (χ4n) is 0.817. The Morgan fingerprint density at radius 1 is 1.46 bits per heavy atom. The van der Waals surface area contributed by atoms with Gasteiger partial charge in [-0.1, -0.05) is 20.8 Å². The molecule has 0 saturated heterocycles. The number of carbonyl (C=O) groups excluding carboxylic acids is 1. The minimum atomic E-state index is -0.453. The molecule has 4 nitrogen and oxygen atoms in total. The van der Waals surface area contributed by atoms with Crippen LogP contribution in [0.2, 0.25) is 0 Å². The second kappa shape index (κ2) is 5.19. The first-order valence-corrected chi connectivity index (χ1v) is 4.63. The summed E-state index contributed by atoms with van der Waals surface area (Å²) in [6.45, 7) is 7.03. The van der Waals surface area contributed by atoms with E-state index >= 15 is 0 Å². The van der Waals surface area contributed by atoms with Crippen molar-refractivity contribution in [2.24, 2.45) is 16.9 Å². The van der Waals surface area contributed by atoms with Gasteiger partial charge in [0.1, 0.15) is 0 Å². The van der Waals surface area contributed by atoms with Crippen molar-refractivity contribution < 1.29 is 4.79 Å². The number of amides is 1. The van der Waals surface area contributed by atoms with Gasteiger partial charge >= 0.3 is 0 Å². The number of hydrogen-bond acceptors (Lipinski definition) is 3. The lowest BCUT2D eigenvalue weighted by Crippen LogP contribution is -2.48. The van der Waals surface area contributed by atoms with Crippen LogP contribution in [0.15, 0.2) is 0 Å². The topological polar surface area (TPSA) is 81.1 Å². The van der Waals surface area contributed by atoms with Gasteiger partial charge in [-0.25, -0.2) is 0 Å². The molecule has 0 heterocycles. The molecule has 0 aliphatic rings. The summed E-state index contributed by atoms with van der Waals surface area (Å²) in [7, 11) is 0. The highest BCUT2D eigenvalue weighted by Crippen LogP contribution is 2.16. The molecule has 0 fully saturated rings. The van der Waals surface area contributed by atoms with Crippen LogP contribution >= 0.6 is 0 Å². The Morgan fingerprint density at radius 3 is 2.38 bits per heavy atom. The number of rotatable bonds is 4. The van der Waals surface area contributed by atoms with E-state index in [0.717, 1.165) is 6.42 Å². The second-order valence-electron chi connectivity index (χ2n) is 4.28. The van der Waals surface area contributed by atoms with Crippen LogP contribution < -0.4 is 16.8 Å². The lowest BCUT2D eigenvalue weighted by Gasteiger charge is -2.25. The van der Waals surface area contributed by atoms with Gasteiger partial charge in [-0.3, -0.25) is 4.79 Å². The Kier molecular flexibility index (Phi) is 4.95. The summed E-state index contributed by atoms with van der Waals surface area (Å²) in [6, 6.07) is -0.453. The Bertz CT molecular complexity index is 163. The number of nitrogens with one attached hydrogen (secondary N) is 1. The molecule has 0 saturated carbocycles. The van der Waals surface area contributed by atoms with Crippen molar-refractivity contribution in [3.63, 3.8) is 0 Å². The molecule has 5 N–H and O–H groups in total. The zero-order chi connectivity index (χ0) is 10.5. The molecule has 4 heteroatoms. The molecule has 13 heavy (non-hydrogen) atoms. The molecule has 0 rings (SSSR count). The fourth-order valence-corrected chi connectivity index (χ4v) is 0.817. The molecule has 0 aliphatic heterocycles. The normalized spacial score (nSPS) is 13.9. The third-order valence-electron chi connectivity index (χ3n) is 1.90. The van der Waals surface area contributed by atoms with Crippen molar-refractivity contribution in [1.29, 1.82) is 0 Å². The molecular formula is C9H21N3O. The molecule has 1 amide bonds. The number of hydrogen-bond donors (Lipinski definition) is 3. The van der Waals surface area contributed by atoms with Crippen molar-refractivity contribution in [1.82, 2.24) is 5.32 Å². The van der Waals surface area contributed by atoms with Crippen molar-refractivity contribution in [3.05, 3.63) is 0 Å². The lowest BCUT2D eigenvalue weighted by atomic mass is 9.87. The minimum absolute atomic E-state index is 0.0963.